The van der Waals surface area contributed by atoms with E-state index in [-0.39, 0.29) is 41.6 Å². The second-order valence-corrected chi connectivity index (χ2v) is 10.3. The fourth-order valence-electron chi connectivity index (χ4n) is 6.10. The van der Waals surface area contributed by atoms with Gasteiger partial charge in [0, 0.05) is 18.3 Å². The molecule has 200 valence electrons. The van der Waals surface area contributed by atoms with Crippen molar-refractivity contribution in [3.05, 3.63) is 35.4 Å². The average molecular weight is 521 g/mol. The van der Waals surface area contributed by atoms with E-state index in [0.717, 1.165) is 32.1 Å². The SMILES string of the molecule is CCC1(CC)CC2OCC[C@H](NC(=O)[C@H](C)NC)C(=O)N2C1C(=O)N[C@@H]1CCCc2ccccc21.Cl. The van der Waals surface area contributed by atoms with Crippen LogP contribution in [0, 0.1) is 5.41 Å². The van der Waals surface area contributed by atoms with Gasteiger partial charge in [-0.3, -0.25) is 14.4 Å². The number of nitrogens with one attached hydrogen (secondary N) is 3. The van der Waals surface area contributed by atoms with E-state index in [4.69, 9.17) is 4.74 Å². The van der Waals surface area contributed by atoms with Crippen molar-refractivity contribution in [3.8, 4) is 0 Å². The fourth-order valence-corrected chi connectivity index (χ4v) is 6.10. The quantitative estimate of drug-likeness (QED) is 0.513. The molecular weight excluding hydrogens is 480 g/mol. The Morgan fingerprint density at radius 3 is 2.56 bits per heavy atom. The number of rotatable bonds is 7. The highest BCUT2D eigenvalue weighted by Crippen LogP contribution is 2.48. The maximum Gasteiger partial charge on any atom is 0.247 e. The third kappa shape index (κ3) is 5.27. The van der Waals surface area contributed by atoms with Crippen molar-refractivity contribution in [2.24, 2.45) is 5.41 Å². The number of benzene rings is 1. The first-order chi connectivity index (χ1) is 16.8. The maximum absolute atomic E-state index is 14.0. The minimum absolute atomic E-state index is 0. The first-order valence-corrected chi connectivity index (χ1v) is 13.1. The number of halogens is 1. The Morgan fingerprint density at radius 2 is 1.86 bits per heavy atom. The van der Waals surface area contributed by atoms with Crippen LogP contribution in [0.2, 0.25) is 0 Å². The van der Waals surface area contributed by atoms with Crippen LogP contribution in [0.4, 0.5) is 0 Å². The number of fused-ring (bicyclic) bond motifs is 2. The third-order valence-corrected chi connectivity index (χ3v) is 8.50. The average Bonchev–Trinajstić information content (AvgIpc) is 3.14. The Kier molecular flexibility index (Phi) is 9.41. The molecule has 2 unspecified atom stereocenters. The van der Waals surface area contributed by atoms with E-state index in [9.17, 15) is 14.4 Å². The van der Waals surface area contributed by atoms with Gasteiger partial charge in [-0.25, -0.2) is 0 Å². The summed E-state index contributed by atoms with van der Waals surface area (Å²) in [6, 6.07) is 6.46. The van der Waals surface area contributed by atoms with Gasteiger partial charge >= 0.3 is 0 Å². The highest BCUT2D eigenvalue weighted by atomic mass is 35.5. The number of carbonyl (C=O) groups excluding carboxylic acids is 3. The summed E-state index contributed by atoms with van der Waals surface area (Å²) in [5.41, 5.74) is 2.08. The van der Waals surface area contributed by atoms with Crippen molar-refractivity contribution in [2.75, 3.05) is 13.7 Å². The molecule has 1 aromatic rings. The van der Waals surface area contributed by atoms with Crippen molar-refractivity contribution in [3.63, 3.8) is 0 Å². The summed E-state index contributed by atoms with van der Waals surface area (Å²) in [5.74, 6) is -0.580. The van der Waals surface area contributed by atoms with Gasteiger partial charge in [0.15, 0.2) is 0 Å². The summed E-state index contributed by atoms with van der Waals surface area (Å²) in [5, 5.41) is 9.11. The topological polar surface area (TPSA) is 99.8 Å². The van der Waals surface area contributed by atoms with E-state index in [1.54, 1.807) is 18.9 Å². The molecule has 2 saturated heterocycles. The Labute approximate surface area is 220 Å². The van der Waals surface area contributed by atoms with Gasteiger partial charge < -0.3 is 25.6 Å². The number of amides is 3. The van der Waals surface area contributed by atoms with Gasteiger partial charge in [0.1, 0.15) is 18.3 Å². The van der Waals surface area contributed by atoms with Crippen molar-refractivity contribution in [1.82, 2.24) is 20.9 Å². The normalized spacial score (nSPS) is 27.7. The molecule has 8 nitrogen and oxygen atoms in total. The molecule has 3 aliphatic rings. The molecule has 2 fully saturated rings. The molecule has 0 radical (unpaired) electrons. The molecule has 0 bridgehead atoms. The van der Waals surface area contributed by atoms with Crippen molar-refractivity contribution >= 4 is 30.1 Å². The lowest BCUT2D eigenvalue weighted by Gasteiger charge is -2.38. The molecule has 0 aromatic heterocycles. The van der Waals surface area contributed by atoms with Gasteiger partial charge in [-0.05, 0) is 57.2 Å². The Morgan fingerprint density at radius 1 is 1.14 bits per heavy atom. The van der Waals surface area contributed by atoms with Crippen LogP contribution in [0.3, 0.4) is 0 Å². The molecule has 3 amide bonds. The predicted molar refractivity (Wildman–Crippen MR) is 141 cm³/mol. The van der Waals surface area contributed by atoms with E-state index in [2.05, 4.69) is 41.9 Å². The molecule has 0 spiro atoms. The molecule has 2 aliphatic heterocycles. The van der Waals surface area contributed by atoms with Crippen LogP contribution >= 0.6 is 12.4 Å². The van der Waals surface area contributed by atoms with E-state index in [1.165, 1.54) is 11.1 Å². The van der Waals surface area contributed by atoms with Crippen LogP contribution in [0.25, 0.3) is 0 Å². The number of hydrogen-bond donors (Lipinski definition) is 3. The molecule has 0 saturated carbocycles. The molecular formula is C27H41ClN4O4. The van der Waals surface area contributed by atoms with Crippen molar-refractivity contribution < 1.29 is 19.1 Å². The largest absolute Gasteiger partial charge is 0.358 e. The lowest BCUT2D eigenvalue weighted by Crippen LogP contribution is -2.59. The Balaban J connectivity index is 0.00000361. The number of nitrogens with zero attached hydrogens (tertiary/aromatic N) is 1. The number of hydrogen-bond acceptors (Lipinski definition) is 5. The van der Waals surface area contributed by atoms with E-state index in [0.29, 0.717) is 19.4 Å². The van der Waals surface area contributed by atoms with Crippen LogP contribution < -0.4 is 16.0 Å². The lowest BCUT2D eigenvalue weighted by molar-refractivity contribution is -0.150. The van der Waals surface area contributed by atoms with Crippen LogP contribution in [0.5, 0.6) is 0 Å². The molecule has 36 heavy (non-hydrogen) atoms. The number of carbonyl (C=O) groups is 3. The van der Waals surface area contributed by atoms with E-state index < -0.39 is 24.4 Å². The van der Waals surface area contributed by atoms with Crippen LogP contribution in [0.15, 0.2) is 24.3 Å². The number of likely N-dealkylation sites (N-methyl/N-ethyl adjacent to an activating group) is 1. The van der Waals surface area contributed by atoms with Crippen LogP contribution in [-0.4, -0.2) is 60.6 Å². The molecule has 4 rings (SSSR count). The summed E-state index contributed by atoms with van der Waals surface area (Å²) < 4.78 is 6.14. The fraction of sp³-hybridized carbons (Fsp3) is 0.667. The van der Waals surface area contributed by atoms with Gasteiger partial charge in [-0.2, -0.15) is 0 Å². The Hall–Kier alpha value is -2.16. The summed E-state index contributed by atoms with van der Waals surface area (Å²) in [6.45, 7) is 6.29. The molecule has 2 heterocycles. The van der Waals surface area contributed by atoms with E-state index in [1.807, 2.05) is 12.1 Å². The van der Waals surface area contributed by atoms with Crippen molar-refractivity contribution in [2.45, 2.75) is 96.1 Å². The second-order valence-electron chi connectivity index (χ2n) is 10.3. The first kappa shape index (κ1) is 28.4. The summed E-state index contributed by atoms with van der Waals surface area (Å²) >= 11 is 0. The summed E-state index contributed by atoms with van der Waals surface area (Å²) in [4.78, 5) is 42.0. The number of aryl methyl sites for hydroxylation is 1. The molecule has 1 aromatic carbocycles. The zero-order chi connectivity index (χ0) is 25.2. The Bertz CT molecular complexity index is 953. The van der Waals surface area contributed by atoms with Gasteiger partial charge in [0.25, 0.3) is 0 Å². The standard InChI is InChI=1S/C27H40N4O4.ClH/c1-5-27(6-2)16-22-31(26(34)21(14-15-35-22)30-24(32)17(3)28-4)23(27)25(33)29-20-13-9-11-18-10-7-8-12-19(18)20;/h7-8,10,12,17,20-23,28H,5-6,9,11,13-16H2,1-4H3,(H,29,33)(H,30,32);1H/t17-,20+,21-,22?,23?;/m0./s1. The molecule has 9 heteroatoms. The lowest BCUT2D eigenvalue weighted by atomic mass is 9.74. The summed E-state index contributed by atoms with van der Waals surface area (Å²) in [7, 11) is 1.71. The maximum atomic E-state index is 14.0. The molecule has 3 N–H and O–H groups in total. The highest BCUT2D eigenvalue weighted by molar-refractivity contribution is 5.94. The first-order valence-electron chi connectivity index (χ1n) is 13.1. The van der Waals surface area contributed by atoms with Crippen LogP contribution in [-0.2, 0) is 25.5 Å². The van der Waals surface area contributed by atoms with Gasteiger partial charge in [-0.15, -0.1) is 12.4 Å². The molecule has 1 aliphatic carbocycles. The zero-order valence-corrected chi connectivity index (χ0v) is 22.7. The minimum atomic E-state index is -0.710. The second kappa shape index (κ2) is 11.9. The molecule has 5 atom stereocenters. The van der Waals surface area contributed by atoms with Crippen molar-refractivity contribution in [1.29, 1.82) is 0 Å². The summed E-state index contributed by atoms with van der Waals surface area (Å²) in [6.07, 6.45) is 5.01. The smallest absolute Gasteiger partial charge is 0.247 e. The highest BCUT2D eigenvalue weighted by Gasteiger charge is 2.57. The van der Waals surface area contributed by atoms with E-state index >= 15 is 0 Å². The van der Waals surface area contributed by atoms with Gasteiger partial charge in [0.05, 0.1) is 18.7 Å². The third-order valence-electron chi connectivity index (χ3n) is 8.50. The van der Waals surface area contributed by atoms with Crippen LogP contribution in [0.1, 0.15) is 76.5 Å². The number of ether oxygens (including phenoxy) is 1. The zero-order valence-electron chi connectivity index (χ0n) is 21.8. The van der Waals surface area contributed by atoms with Gasteiger partial charge in [-0.1, -0.05) is 38.1 Å². The minimum Gasteiger partial charge on any atom is -0.358 e. The van der Waals surface area contributed by atoms with Gasteiger partial charge in [0.2, 0.25) is 17.7 Å². The monoisotopic (exact) mass is 520 g/mol. The predicted octanol–water partition coefficient (Wildman–Crippen LogP) is 2.85.